The highest BCUT2D eigenvalue weighted by atomic mass is 31.1. The topological polar surface area (TPSA) is 0 Å². The van der Waals surface area contributed by atoms with E-state index in [0.29, 0.717) is 0 Å². The van der Waals surface area contributed by atoms with Gasteiger partial charge in [-0.05, 0) is 0 Å². The van der Waals surface area contributed by atoms with E-state index in [2.05, 4.69) is 39.3 Å². The number of hydrogen-bond acceptors (Lipinski definition) is 0. The number of rotatable bonds is 0. The molecule has 3 heterocycles. The van der Waals surface area contributed by atoms with Crippen LogP contribution in [0.25, 0.3) is 0 Å². The van der Waals surface area contributed by atoms with Crippen LogP contribution in [0.2, 0.25) is 39.3 Å². The molecule has 0 radical (unpaired) electrons. The molecule has 0 saturated carbocycles. The van der Waals surface area contributed by atoms with Crippen molar-refractivity contribution in [1.29, 1.82) is 0 Å². The quantitative estimate of drug-likeness (QED) is 0.555. The Morgan fingerprint density at radius 3 is 0.636 bits per heavy atom. The zero-order chi connectivity index (χ0) is 8.50. The predicted molar refractivity (Wildman–Crippen MR) is 64.0 cm³/mol. The van der Waals surface area contributed by atoms with Crippen molar-refractivity contribution >= 4 is 33.6 Å². The van der Waals surface area contributed by atoms with Crippen molar-refractivity contribution in [2.75, 3.05) is 0 Å². The van der Waals surface area contributed by atoms with Crippen molar-refractivity contribution < 1.29 is 0 Å². The van der Waals surface area contributed by atoms with Crippen molar-refractivity contribution in [1.82, 2.24) is 0 Å². The van der Waals surface area contributed by atoms with Gasteiger partial charge in [-0.1, -0.05) is 39.3 Å². The van der Waals surface area contributed by atoms with Crippen LogP contribution in [0.3, 0.4) is 0 Å². The summed E-state index contributed by atoms with van der Waals surface area (Å²) in [5.41, 5.74) is 0. The lowest BCUT2D eigenvalue weighted by Gasteiger charge is -2.50. The highest BCUT2D eigenvalue weighted by Crippen LogP contribution is 2.94. The molecule has 0 N–H and O–H groups in total. The maximum absolute atomic E-state index is 2.78. The highest BCUT2D eigenvalue weighted by Gasteiger charge is 3.28. The Kier molecular flexibility index (Phi) is 0.794. The van der Waals surface area contributed by atoms with Crippen LogP contribution in [0.4, 0.5) is 0 Å². The van der Waals surface area contributed by atoms with Crippen molar-refractivity contribution in [3.8, 4) is 0 Å². The molecular weight excluding hydrogens is 212 g/mol. The Morgan fingerprint density at radius 1 is 0.455 bits per heavy atom. The Balaban J connectivity index is 2.10. The highest BCUT2D eigenvalue weighted by molar-refractivity contribution is 8.89. The molecule has 11 heavy (non-hydrogen) atoms. The summed E-state index contributed by atoms with van der Waals surface area (Å²) in [7, 11) is -0.854. The van der Waals surface area contributed by atoms with Gasteiger partial charge in [0.05, 0.1) is 0 Å². The zero-order valence-corrected chi connectivity index (χ0v) is 13.5. The SMILES string of the molecule is C[Si]1(C)[Si]23[Si](C)(C)[Si]12[Si]3(C)C. The molecule has 0 aromatic rings. The van der Waals surface area contributed by atoms with Gasteiger partial charge in [-0.15, -0.1) is 0 Å². The maximum atomic E-state index is 2.78. The van der Waals surface area contributed by atoms with E-state index in [1.165, 1.54) is 0 Å². The summed E-state index contributed by atoms with van der Waals surface area (Å²) >= 11 is 0. The third kappa shape index (κ3) is 0.271. The largest absolute Gasteiger partial charge is 0.0743 e. The average molecular weight is 231 g/mol. The van der Waals surface area contributed by atoms with Crippen LogP contribution in [0, 0.1) is 0 Å². The van der Waals surface area contributed by atoms with E-state index in [9.17, 15) is 0 Å². The fraction of sp³-hybridized carbons (Fsp3) is 1.00. The molecule has 0 aliphatic carbocycles. The molecule has 0 nitrogen and oxygen atoms in total. The third-order valence-electron chi connectivity index (χ3n) is 6.00. The molecule has 3 rings (SSSR count). The van der Waals surface area contributed by atoms with E-state index in [4.69, 9.17) is 0 Å². The van der Waals surface area contributed by atoms with Gasteiger partial charge in [-0.2, -0.15) is 0 Å². The van der Waals surface area contributed by atoms with Gasteiger partial charge in [-0.25, -0.2) is 0 Å². The van der Waals surface area contributed by atoms with Crippen LogP contribution < -0.4 is 0 Å². The first kappa shape index (κ1) is 7.48. The van der Waals surface area contributed by atoms with Crippen LogP contribution in [0.5, 0.6) is 0 Å². The third-order valence-corrected chi connectivity index (χ3v) is 223. The summed E-state index contributed by atoms with van der Waals surface area (Å²) < 4.78 is 0. The summed E-state index contributed by atoms with van der Waals surface area (Å²) in [5.74, 6) is 0. The average Bonchev–Trinajstić information content (AvgIpc) is 2.56. The zero-order valence-electron chi connectivity index (χ0n) is 8.50. The Bertz CT molecular complexity index is 222. The molecule has 0 amide bonds. The fourth-order valence-corrected chi connectivity index (χ4v) is 506. The van der Waals surface area contributed by atoms with Gasteiger partial charge in [0.2, 0.25) is 0 Å². The summed E-state index contributed by atoms with van der Waals surface area (Å²) in [6, 6.07) is 0. The summed E-state index contributed by atoms with van der Waals surface area (Å²) in [4.78, 5) is 0. The number of hydrogen-bond donors (Lipinski definition) is 0. The van der Waals surface area contributed by atoms with E-state index in [-0.39, 0.29) is 33.6 Å². The van der Waals surface area contributed by atoms with E-state index in [1.54, 1.807) is 0 Å². The molecule has 5 heteroatoms. The van der Waals surface area contributed by atoms with Gasteiger partial charge in [-0.3, -0.25) is 0 Å². The van der Waals surface area contributed by atoms with Crippen LogP contribution in [0.15, 0.2) is 0 Å². The molecule has 0 spiro atoms. The van der Waals surface area contributed by atoms with E-state index >= 15 is 0 Å². The molecule has 0 aromatic carbocycles. The van der Waals surface area contributed by atoms with Gasteiger partial charge in [0.15, 0.2) is 0 Å². The van der Waals surface area contributed by atoms with Gasteiger partial charge in [0, 0.05) is 33.6 Å². The van der Waals surface area contributed by atoms with Crippen molar-refractivity contribution in [3.05, 3.63) is 0 Å². The molecule has 62 valence electrons. The minimum absolute atomic E-state index is 0.176. The normalized spacial score (nSPS) is 62.7. The van der Waals surface area contributed by atoms with Crippen LogP contribution in [-0.4, -0.2) is 33.6 Å². The molecule has 0 bridgehead atoms. The summed E-state index contributed by atoms with van der Waals surface area (Å²) in [5, 5.41) is 0. The van der Waals surface area contributed by atoms with Crippen molar-refractivity contribution in [2.24, 2.45) is 0 Å². The fourth-order valence-electron chi connectivity index (χ4n) is 7.12. The summed E-state index contributed by atoms with van der Waals surface area (Å²) in [6.07, 6.45) is -0.352. The summed E-state index contributed by atoms with van der Waals surface area (Å²) in [6.45, 7) is 16.7. The van der Waals surface area contributed by atoms with Crippen molar-refractivity contribution in [2.45, 2.75) is 39.3 Å². The van der Waals surface area contributed by atoms with Gasteiger partial charge >= 0.3 is 0 Å². The first-order valence-electron chi connectivity index (χ1n) is 4.75. The second-order valence-corrected chi connectivity index (χ2v) is 82.1. The standard InChI is InChI=1S/C6H18Si5/c1-7(2)10-8(3,4)11(7,10)9(10,5)6/h1-6H3. The lowest BCUT2D eigenvalue weighted by molar-refractivity contribution is 1.92. The van der Waals surface area contributed by atoms with Gasteiger partial charge in [0.25, 0.3) is 0 Å². The Morgan fingerprint density at radius 2 is 0.636 bits per heavy atom. The first-order chi connectivity index (χ1) is 4.75. The lowest BCUT2D eigenvalue weighted by atomic mass is 11.9. The van der Waals surface area contributed by atoms with Gasteiger partial charge < -0.3 is 0 Å². The first-order valence-corrected chi connectivity index (χ1v) is 24.8. The molecule has 3 aliphatic heterocycles. The minimum atomic E-state index is -0.285. The molecule has 3 saturated heterocycles. The van der Waals surface area contributed by atoms with Crippen molar-refractivity contribution in [3.63, 3.8) is 0 Å². The molecule has 0 aromatic heterocycles. The minimum Gasteiger partial charge on any atom is -0.0743 e. The van der Waals surface area contributed by atoms with Crippen LogP contribution in [0.1, 0.15) is 0 Å². The smallest absolute Gasteiger partial charge is 0.0203 e. The molecule has 0 unspecified atom stereocenters. The monoisotopic (exact) mass is 230 g/mol. The second-order valence-electron chi connectivity index (χ2n) is 6.38. The molecule has 3 aliphatic rings. The predicted octanol–water partition coefficient (Wildman–Crippen LogP) is 1.60. The van der Waals surface area contributed by atoms with Crippen LogP contribution in [-0.2, 0) is 0 Å². The molecule has 0 atom stereocenters. The maximum Gasteiger partial charge on any atom is 0.0203 e. The molecular formula is C6H18Si5. The second kappa shape index (κ2) is 1.17. The lowest BCUT2D eigenvalue weighted by Crippen LogP contribution is -2.80. The van der Waals surface area contributed by atoms with E-state index < -0.39 is 0 Å². The van der Waals surface area contributed by atoms with Crippen LogP contribution >= 0.6 is 0 Å². The van der Waals surface area contributed by atoms with E-state index in [1.807, 2.05) is 0 Å². The Labute approximate surface area is 73.0 Å². The molecule has 3 fully saturated rings. The van der Waals surface area contributed by atoms with Gasteiger partial charge in [0.1, 0.15) is 0 Å². The Hall–Kier alpha value is 1.08. The van der Waals surface area contributed by atoms with E-state index in [0.717, 1.165) is 0 Å².